The fourth-order valence-electron chi connectivity index (χ4n) is 1.67. The van der Waals surface area contributed by atoms with Crippen LogP contribution in [0.4, 0.5) is 18.9 Å². The summed E-state index contributed by atoms with van der Waals surface area (Å²) >= 11 is 0. The van der Waals surface area contributed by atoms with Crippen molar-refractivity contribution in [2.45, 2.75) is 12.8 Å². The third-order valence-corrected chi connectivity index (χ3v) is 2.77. The quantitative estimate of drug-likeness (QED) is 0.851. The molecule has 21 heavy (non-hydrogen) atoms. The van der Waals surface area contributed by atoms with Crippen molar-refractivity contribution >= 4 is 12.1 Å². The molecule has 2 aromatic rings. The van der Waals surface area contributed by atoms with Crippen LogP contribution in [0.1, 0.15) is 11.1 Å². The minimum atomic E-state index is -4.33. The van der Waals surface area contributed by atoms with Crippen LogP contribution in [0.15, 0.2) is 48.5 Å². The Morgan fingerprint density at radius 2 is 1.62 bits per heavy atom. The molecular formula is C15H12F3NO2. The maximum atomic E-state index is 12.4. The third-order valence-electron chi connectivity index (χ3n) is 2.77. The summed E-state index contributed by atoms with van der Waals surface area (Å²) in [7, 11) is 0. The Bertz CT molecular complexity index is 592. The molecule has 0 heterocycles. The highest BCUT2D eigenvalue weighted by atomic mass is 19.4. The monoisotopic (exact) mass is 295 g/mol. The van der Waals surface area contributed by atoms with Crippen LogP contribution >= 0.6 is 0 Å². The molecule has 0 atom stereocenters. The second-order valence-corrected chi connectivity index (χ2v) is 4.27. The molecule has 2 rings (SSSR count). The zero-order valence-electron chi connectivity index (χ0n) is 10.9. The molecule has 0 spiro atoms. The SMILES string of the molecule is O=CNc1ccc(OCc2ccc(C(F)(F)F)cc2)cc1. The van der Waals surface area contributed by atoms with Gasteiger partial charge in [0.25, 0.3) is 0 Å². The van der Waals surface area contributed by atoms with Gasteiger partial charge in [-0.15, -0.1) is 0 Å². The highest BCUT2D eigenvalue weighted by Gasteiger charge is 2.29. The van der Waals surface area contributed by atoms with Gasteiger partial charge in [0.2, 0.25) is 6.41 Å². The number of hydrogen-bond donors (Lipinski definition) is 1. The zero-order valence-corrected chi connectivity index (χ0v) is 10.9. The molecule has 0 bridgehead atoms. The molecule has 1 amide bonds. The van der Waals surface area contributed by atoms with E-state index in [9.17, 15) is 18.0 Å². The summed E-state index contributed by atoms with van der Waals surface area (Å²) in [5, 5.41) is 2.49. The first-order chi connectivity index (χ1) is 9.99. The lowest BCUT2D eigenvalue weighted by atomic mass is 10.1. The summed E-state index contributed by atoms with van der Waals surface area (Å²) in [6, 6.07) is 11.5. The van der Waals surface area contributed by atoms with Gasteiger partial charge in [0, 0.05) is 5.69 Å². The van der Waals surface area contributed by atoms with Crippen molar-refractivity contribution in [1.29, 1.82) is 0 Å². The Kier molecular flexibility index (Phi) is 4.47. The smallest absolute Gasteiger partial charge is 0.416 e. The van der Waals surface area contributed by atoms with Crippen LogP contribution in [0, 0.1) is 0 Å². The maximum absolute atomic E-state index is 12.4. The molecule has 110 valence electrons. The van der Waals surface area contributed by atoms with Gasteiger partial charge in [-0.05, 0) is 42.0 Å². The Hall–Kier alpha value is -2.50. The summed E-state index contributed by atoms with van der Waals surface area (Å²) in [6.45, 7) is 0.165. The maximum Gasteiger partial charge on any atom is 0.416 e. The number of carbonyl (C=O) groups is 1. The van der Waals surface area contributed by atoms with Crippen molar-refractivity contribution in [3.63, 3.8) is 0 Å². The summed E-state index contributed by atoms with van der Waals surface area (Å²) in [4.78, 5) is 10.2. The molecule has 6 heteroatoms. The average Bonchev–Trinajstić information content (AvgIpc) is 2.46. The first kappa shape index (κ1) is 14.9. The molecule has 0 saturated carbocycles. The van der Waals surface area contributed by atoms with E-state index < -0.39 is 11.7 Å². The van der Waals surface area contributed by atoms with Gasteiger partial charge in [0.1, 0.15) is 12.4 Å². The lowest BCUT2D eigenvalue weighted by Crippen LogP contribution is -2.05. The van der Waals surface area contributed by atoms with Crippen molar-refractivity contribution in [2.24, 2.45) is 0 Å². The average molecular weight is 295 g/mol. The van der Waals surface area contributed by atoms with Crippen LogP contribution in [0.5, 0.6) is 5.75 Å². The number of anilines is 1. The number of benzene rings is 2. The van der Waals surface area contributed by atoms with Gasteiger partial charge in [0.05, 0.1) is 5.56 Å². The van der Waals surface area contributed by atoms with Gasteiger partial charge in [-0.25, -0.2) is 0 Å². The highest BCUT2D eigenvalue weighted by Crippen LogP contribution is 2.29. The molecule has 0 aliphatic rings. The standard InChI is InChI=1S/C15H12F3NO2/c16-15(17,18)12-3-1-11(2-4-12)9-21-14-7-5-13(6-8-14)19-10-20/h1-8,10H,9H2,(H,19,20). The molecule has 0 aromatic heterocycles. The van der Waals surface area contributed by atoms with E-state index >= 15 is 0 Å². The fraction of sp³-hybridized carbons (Fsp3) is 0.133. The van der Waals surface area contributed by atoms with Gasteiger partial charge in [-0.2, -0.15) is 13.2 Å². The van der Waals surface area contributed by atoms with Gasteiger partial charge < -0.3 is 10.1 Å². The van der Waals surface area contributed by atoms with E-state index in [2.05, 4.69) is 5.32 Å². The number of amides is 1. The predicted octanol–water partition coefficient (Wildman–Crippen LogP) is 3.85. The molecule has 0 aliphatic heterocycles. The number of hydrogen-bond acceptors (Lipinski definition) is 2. The van der Waals surface area contributed by atoms with Gasteiger partial charge in [-0.3, -0.25) is 4.79 Å². The van der Waals surface area contributed by atoms with Crippen molar-refractivity contribution in [3.05, 3.63) is 59.7 Å². The number of carbonyl (C=O) groups excluding carboxylic acids is 1. The largest absolute Gasteiger partial charge is 0.489 e. The van der Waals surface area contributed by atoms with Crippen molar-refractivity contribution in [2.75, 3.05) is 5.32 Å². The van der Waals surface area contributed by atoms with E-state index in [0.717, 1.165) is 12.1 Å². The number of nitrogens with one attached hydrogen (secondary N) is 1. The molecule has 3 nitrogen and oxygen atoms in total. The van der Waals surface area contributed by atoms with E-state index in [1.807, 2.05) is 0 Å². The Balaban J connectivity index is 1.95. The van der Waals surface area contributed by atoms with Crippen molar-refractivity contribution in [1.82, 2.24) is 0 Å². The topological polar surface area (TPSA) is 38.3 Å². The summed E-state index contributed by atoms with van der Waals surface area (Å²) < 4.78 is 42.7. The van der Waals surface area contributed by atoms with E-state index in [1.165, 1.54) is 12.1 Å². The lowest BCUT2D eigenvalue weighted by molar-refractivity contribution is -0.137. The second-order valence-electron chi connectivity index (χ2n) is 4.27. The number of ether oxygens (including phenoxy) is 1. The molecule has 0 saturated heterocycles. The number of alkyl halides is 3. The fourth-order valence-corrected chi connectivity index (χ4v) is 1.67. The van der Waals surface area contributed by atoms with Crippen molar-refractivity contribution < 1.29 is 22.7 Å². The van der Waals surface area contributed by atoms with Crippen LogP contribution < -0.4 is 10.1 Å². The first-order valence-electron chi connectivity index (χ1n) is 6.08. The van der Waals surface area contributed by atoms with Crippen LogP contribution in [-0.4, -0.2) is 6.41 Å². The third kappa shape index (κ3) is 4.24. The highest BCUT2D eigenvalue weighted by molar-refractivity contribution is 5.71. The molecule has 0 fully saturated rings. The van der Waals surface area contributed by atoms with Crippen LogP contribution in [0.2, 0.25) is 0 Å². The molecule has 0 aliphatic carbocycles. The van der Waals surface area contributed by atoms with E-state index in [4.69, 9.17) is 4.74 Å². The van der Waals surface area contributed by atoms with Crippen LogP contribution in [0.3, 0.4) is 0 Å². The van der Waals surface area contributed by atoms with E-state index in [1.54, 1.807) is 24.3 Å². The van der Waals surface area contributed by atoms with Gasteiger partial charge in [0.15, 0.2) is 0 Å². The number of rotatable bonds is 5. The molecule has 0 unspecified atom stereocenters. The minimum absolute atomic E-state index is 0.165. The normalized spacial score (nSPS) is 11.0. The molecule has 0 radical (unpaired) electrons. The van der Waals surface area contributed by atoms with E-state index in [-0.39, 0.29) is 6.61 Å². The lowest BCUT2D eigenvalue weighted by Gasteiger charge is -2.09. The molecule has 2 aromatic carbocycles. The summed E-state index contributed by atoms with van der Waals surface area (Å²) in [6.07, 6.45) is -3.77. The second kappa shape index (κ2) is 6.30. The molecule has 1 N–H and O–H groups in total. The minimum Gasteiger partial charge on any atom is -0.489 e. The van der Waals surface area contributed by atoms with E-state index in [0.29, 0.717) is 23.4 Å². The van der Waals surface area contributed by atoms with Gasteiger partial charge in [-0.1, -0.05) is 12.1 Å². The van der Waals surface area contributed by atoms with Crippen LogP contribution in [0.25, 0.3) is 0 Å². The summed E-state index contributed by atoms with van der Waals surface area (Å²) in [5.74, 6) is 0.561. The molecular weight excluding hydrogens is 283 g/mol. The Labute approximate surface area is 119 Å². The van der Waals surface area contributed by atoms with Crippen molar-refractivity contribution in [3.8, 4) is 5.75 Å². The first-order valence-corrected chi connectivity index (χ1v) is 6.08. The summed E-state index contributed by atoms with van der Waals surface area (Å²) in [5.41, 5.74) is 0.584. The zero-order chi connectivity index (χ0) is 15.3. The number of halogens is 3. The van der Waals surface area contributed by atoms with Gasteiger partial charge >= 0.3 is 6.18 Å². The predicted molar refractivity (Wildman–Crippen MR) is 71.9 cm³/mol. The van der Waals surface area contributed by atoms with Crippen LogP contribution in [-0.2, 0) is 17.6 Å². The Morgan fingerprint density at radius 1 is 1.00 bits per heavy atom. The Morgan fingerprint density at radius 3 is 2.14 bits per heavy atom.